The van der Waals surface area contributed by atoms with E-state index in [9.17, 15) is 18.0 Å². The number of halogens is 3. The van der Waals surface area contributed by atoms with E-state index >= 15 is 0 Å². The van der Waals surface area contributed by atoms with Crippen LogP contribution in [-0.4, -0.2) is 16.7 Å². The van der Waals surface area contributed by atoms with E-state index in [-0.39, 0.29) is 5.56 Å². The molecule has 0 spiro atoms. The molecule has 0 radical (unpaired) electrons. The lowest BCUT2D eigenvalue weighted by atomic mass is 10.1. The zero-order chi connectivity index (χ0) is 15.5. The van der Waals surface area contributed by atoms with Gasteiger partial charge in [0.1, 0.15) is 0 Å². The van der Waals surface area contributed by atoms with E-state index in [4.69, 9.17) is 4.84 Å². The summed E-state index contributed by atoms with van der Waals surface area (Å²) in [4.78, 5) is 19.2. The van der Waals surface area contributed by atoms with Crippen LogP contribution in [0.5, 0.6) is 0 Å². The van der Waals surface area contributed by atoms with Crippen LogP contribution in [0.15, 0.2) is 47.9 Å². The van der Waals surface area contributed by atoms with Crippen molar-refractivity contribution in [2.45, 2.75) is 13.1 Å². The zero-order valence-electron chi connectivity index (χ0n) is 10.9. The van der Waals surface area contributed by atoms with Gasteiger partial charge in [-0.1, -0.05) is 5.16 Å². The molecule has 1 N–H and O–H groups in total. The zero-order valence-corrected chi connectivity index (χ0v) is 10.9. The molecule has 0 saturated carbocycles. The number of oxime groups is 1. The van der Waals surface area contributed by atoms with Gasteiger partial charge in [-0.3, -0.25) is 0 Å². The number of benzene rings is 1. The molecule has 0 unspecified atom stereocenters. The lowest BCUT2D eigenvalue weighted by molar-refractivity contribution is -0.137. The Hall–Kier alpha value is -2.57. The summed E-state index contributed by atoms with van der Waals surface area (Å²) in [6.07, 6.45) is -1.08. The summed E-state index contributed by atoms with van der Waals surface area (Å²) in [6.45, 7) is 1.64. The largest absolute Gasteiger partial charge is 0.416 e. The molecular weight excluding hydrogens is 285 g/mol. The highest BCUT2D eigenvalue weighted by Gasteiger charge is 2.30. The highest BCUT2D eigenvalue weighted by Crippen LogP contribution is 2.29. The van der Waals surface area contributed by atoms with Gasteiger partial charge in [0.15, 0.2) is 0 Å². The van der Waals surface area contributed by atoms with E-state index < -0.39 is 17.7 Å². The number of nitrogens with zero attached hydrogens (tertiary/aromatic N) is 1. The summed E-state index contributed by atoms with van der Waals surface area (Å²) in [5.74, 6) is -0.821. The molecule has 1 aromatic heterocycles. The number of carbonyl (C=O) groups is 1. The van der Waals surface area contributed by atoms with Crippen molar-refractivity contribution in [1.82, 2.24) is 4.98 Å². The third-order valence-corrected chi connectivity index (χ3v) is 2.73. The van der Waals surface area contributed by atoms with Crippen molar-refractivity contribution < 1.29 is 22.8 Å². The highest BCUT2D eigenvalue weighted by atomic mass is 19.4. The van der Waals surface area contributed by atoms with Crippen LogP contribution in [0.25, 0.3) is 0 Å². The molecule has 0 bridgehead atoms. The van der Waals surface area contributed by atoms with Crippen LogP contribution in [0.2, 0.25) is 0 Å². The number of hydrogen-bond donors (Lipinski definition) is 1. The molecule has 1 heterocycles. The maximum absolute atomic E-state index is 12.4. The number of hydrogen-bond acceptors (Lipinski definition) is 3. The van der Waals surface area contributed by atoms with E-state index in [2.05, 4.69) is 10.1 Å². The molecule has 7 heteroatoms. The molecule has 2 aromatic rings. The Kier molecular flexibility index (Phi) is 4.11. The number of carbonyl (C=O) groups excluding carboxylic acids is 1. The van der Waals surface area contributed by atoms with Crippen molar-refractivity contribution in [3.05, 3.63) is 59.4 Å². The molecule has 0 aliphatic carbocycles. The van der Waals surface area contributed by atoms with Crippen molar-refractivity contribution in [3.63, 3.8) is 0 Å². The Morgan fingerprint density at radius 1 is 1.14 bits per heavy atom. The predicted octanol–water partition coefficient (Wildman–Crippen LogP) is 3.61. The van der Waals surface area contributed by atoms with Gasteiger partial charge in [0.25, 0.3) is 0 Å². The topological polar surface area (TPSA) is 54.4 Å². The minimum Gasteiger partial charge on any atom is -0.367 e. The molecule has 21 heavy (non-hydrogen) atoms. The molecular formula is C14H11F3N2O2. The standard InChI is InChI=1S/C14H11F3N2O2/c1-9(11-6-7-18-8-11)19-21-13(20)10-2-4-12(5-3-10)14(15,16)17/h2-8,18H,1H3/b19-9+. The van der Waals surface area contributed by atoms with E-state index in [1.165, 1.54) is 0 Å². The number of aromatic amines is 1. The number of nitrogens with one attached hydrogen (secondary N) is 1. The Bertz CT molecular complexity index is 644. The summed E-state index contributed by atoms with van der Waals surface area (Å²) in [5, 5.41) is 3.64. The third-order valence-electron chi connectivity index (χ3n) is 2.73. The summed E-state index contributed by atoms with van der Waals surface area (Å²) < 4.78 is 37.2. The Balaban J connectivity index is 2.06. The monoisotopic (exact) mass is 296 g/mol. The second-order valence-electron chi connectivity index (χ2n) is 4.23. The van der Waals surface area contributed by atoms with Crippen molar-refractivity contribution >= 4 is 11.7 Å². The lowest BCUT2D eigenvalue weighted by Gasteiger charge is -2.06. The van der Waals surface area contributed by atoms with E-state index in [0.29, 0.717) is 5.71 Å². The fourth-order valence-electron chi connectivity index (χ4n) is 1.56. The van der Waals surface area contributed by atoms with E-state index in [1.54, 1.807) is 25.4 Å². The molecule has 0 aliphatic rings. The first-order chi connectivity index (χ1) is 9.88. The van der Waals surface area contributed by atoms with Crippen LogP contribution < -0.4 is 0 Å². The van der Waals surface area contributed by atoms with Gasteiger partial charge in [-0.2, -0.15) is 13.2 Å². The van der Waals surface area contributed by atoms with E-state index in [0.717, 1.165) is 29.8 Å². The maximum atomic E-state index is 12.4. The summed E-state index contributed by atoms with van der Waals surface area (Å²) >= 11 is 0. The van der Waals surface area contributed by atoms with Gasteiger partial charge in [0.2, 0.25) is 0 Å². The van der Waals surface area contributed by atoms with Gasteiger partial charge in [-0.05, 0) is 37.3 Å². The van der Waals surface area contributed by atoms with Gasteiger partial charge in [-0.25, -0.2) is 4.79 Å². The Morgan fingerprint density at radius 2 is 1.81 bits per heavy atom. The molecule has 2 rings (SSSR count). The second-order valence-corrected chi connectivity index (χ2v) is 4.23. The average Bonchev–Trinajstić information content (AvgIpc) is 2.98. The van der Waals surface area contributed by atoms with Crippen molar-refractivity contribution in [2.24, 2.45) is 5.16 Å². The molecule has 0 aliphatic heterocycles. The number of rotatable bonds is 3. The van der Waals surface area contributed by atoms with Gasteiger partial charge in [-0.15, -0.1) is 0 Å². The van der Waals surface area contributed by atoms with Crippen molar-refractivity contribution in [1.29, 1.82) is 0 Å². The van der Waals surface area contributed by atoms with Crippen LogP contribution in [0.3, 0.4) is 0 Å². The third kappa shape index (κ3) is 3.71. The molecule has 110 valence electrons. The quantitative estimate of drug-likeness (QED) is 0.534. The smallest absolute Gasteiger partial charge is 0.367 e. The Morgan fingerprint density at radius 3 is 2.33 bits per heavy atom. The number of H-pyrrole nitrogens is 1. The molecule has 0 atom stereocenters. The molecule has 4 nitrogen and oxygen atoms in total. The molecule has 0 saturated heterocycles. The first-order valence-corrected chi connectivity index (χ1v) is 5.94. The maximum Gasteiger partial charge on any atom is 0.416 e. The minimum atomic E-state index is -4.44. The fraction of sp³-hybridized carbons (Fsp3) is 0.143. The number of alkyl halides is 3. The molecule has 1 aromatic carbocycles. The fourth-order valence-corrected chi connectivity index (χ4v) is 1.56. The second kappa shape index (κ2) is 5.82. The van der Waals surface area contributed by atoms with Crippen molar-refractivity contribution in [2.75, 3.05) is 0 Å². The summed E-state index contributed by atoms with van der Waals surface area (Å²) in [7, 11) is 0. The summed E-state index contributed by atoms with van der Waals surface area (Å²) in [5.41, 5.74) is 0.381. The highest BCUT2D eigenvalue weighted by molar-refractivity contribution is 5.99. The Labute approximate surface area is 118 Å². The minimum absolute atomic E-state index is 0.00591. The van der Waals surface area contributed by atoms with E-state index in [1.807, 2.05) is 0 Å². The average molecular weight is 296 g/mol. The van der Waals surface area contributed by atoms with Crippen LogP contribution in [0.4, 0.5) is 13.2 Å². The van der Waals surface area contributed by atoms with Crippen LogP contribution in [-0.2, 0) is 11.0 Å². The van der Waals surface area contributed by atoms with Gasteiger partial charge in [0, 0.05) is 18.0 Å². The molecule has 0 fully saturated rings. The van der Waals surface area contributed by atoms with Gasteiger partial charge >= 0.3 is 12.1 Å². The van der Waals surface area contributed by atoms with Crippen LogP contribution in [0, 0.1) is 0 Å². The summed E-state index contributed by atoms with van der Waals surface area (Å²) in [6, 6.07) is 5.47. The number of aromatic nitrogens is 1. The van der Waals surface area contributed by atoms with Gasteiger partial charge < -0.3 is 9.82 Å². The molecule has 0 amide bonds. The lowest BCUT2D eigenvalue weighted by Crippen LogP contribution is -2.07. The van der Waals surface area contributed by atoms with Crippen LogP contribution >= 0.6 is 0 Å². The van der Waals surface area contributed by atoms with Crippen LogP contribution in [0.1, 0.15) is 28.4 Å². The SMILES string of the molecule is C/C(=N\OC(=O)c1ccc(C(F)(F)F)cc1)c1cc[nH]c1. The van der Waals surface area contributed by atoms with Gasteiger partial charge in [0.05, 0.1) is 16.8 Å². The first kappa shape index (κ1) is 14.8. The van der Waals surface area contributed by atoms with Crippen molar-refractivity contribution in [3.8, 4) is 0 Å². The first-order valence-electron chi connectivity index (χ1n) is 5.94. The predicted molar refractivity (Wildman–Crippen MR) is 69.9 cm³/mol. The normalized spacial score (nSPS) is 12.3.